The lowest BCUT2D eigenvalue weighted by Gasteiger charge is -2.34. The molecule has 1 atom stereocenters. The number of benzene rings is 2. The Bertz CT molecular complexity index is 1170. The van der Waals surface area contributed by atoms with Crippen molar-refractivity contribution < 1.29 is 13.2 Å². The Balaban J connectivity index is 1.62. The minimum atomic E-state index is -3.54. The van der Waals surface area contributed by atoms with Crippen molar-refractivity contribution in [2.75, 3.05) is 11.1 Å². The number of anilines is 1. The second-order valence-corrected chi connectivity index (χ2v) is 10.6. The summed E-state index contributed by atoms with van der Waals surface area (Å²) in [6.45, 7) is 3.76. The maximum Gasteiger partial charge on any atom is 0.244 e. The van der Waals surface area contributed by atoms with Gasteiger partial charge >= 0.3 is 0 Å². The number of hydrogen-bond acceptors (Lipinski definition) is 5. The maximum absolute atomic E-state index is 13.2. The second-order valence-electron chi connectivity index (χ2n) is 7.21. The summed E-state index contributed by atoms with van der Waals surface area (Å²) >= 11 is 1.39. The predicted octanol–water partition coefficient (Wildman–Crippen LogP) is 3.83. The van der Waals surface area contributed by atoms with E-state index >= 15 is 0 Å². The summed E-state index contributed by atoms with van der Waals surface area (Å²) in [5, 5.41) is 3.34. The molecule has 2 aromatic carbocycles. The van der Waals surface area contributed by atoms with E-state index in [4.69, 9.17) is 0 Å². The van der Waals surface area contributed by atoms with E-state index in [0.717, 1.165) is 27.3 Å². The standard InChI is InChI=1S/C22H23N3O3S2/c1-3-30(27,28)25-14-18-12-8-7-11-17(18)13-19(25)21(26)24-22-23-20(15(2)29-22)16-9-5-4-6-10-16/h4-12,19H,3,13-14H2,1-2H3,(H,23,24,26)/t19-/m1/s1. The number of aromatic nitrogens is 1. The highest BCUT2D eigenvalue weighted by atomic mass is 32.2. The first kappa shape index (κ1) is 20.7. The van der Waals surface area contributed by atoms with Gasteiger partial charge in [-0.2, -0.15) is 4.31 Å². The van der Waals surface area contributed by atoms with Crippen LogP contribution in [0.1, 0.15) is 22.9 Å². The van der Waals surface area contributed by atoms with Gasteiger partial charge in [-0.15, -0.1) is 11.3 Å². The summed E-state index contributed by atoms with van der Waals surface area (Å²) in [4.78, 5) is 18.7. The molecule has 30 heavy (non-hydrogen) atoms. The Labute approximate surface area is 180 Å². The Morgan fingerprint density at radius 2 is 1.80 bits per heavy atom. The third-order valence-corrected chi connectivity index (χ3v) is 8.02. The Morgan fingerprint density at radius 3 is 2.50 bits per heavy atom. The molecule has 1 aliphatic heterocycles. The van der Waals surface area contributed by atoms with Crippen molar-refractivity contribution in [2.24, 2.45) is 0 Å². The highest BCUT2D eigenvalue weighted by Gasteiger charge is 2.38. The minimum absolute atomic E-state index is 0.0482. The molecule has 4 rings (SSSR count). The van der Waals surface area contributed by atoms with Gasteiger partial charge in [-0.3, -0.25) is 4.79 Å². The van der Waals surface area contributed by atoms with Crippen LogP contribution in [0.25, 0.3) is 11.3 Å². The first-order valence-electron chi connectivity index (χ1n) is 9.79. The maximum atomic E-state index is 13.2. The summed E-state index contributed by atoms with van der Waals surface area (Å²) in [6, 6.07) is 16.6. The van der Waals surface area contributed by atoms with E-state index in [-0.39, 0.29) is 18.2 Å². The van der Waals surface area contributed by atoms with Crippen LogP contribution < -0.4 is 5.32 Å². The van der Waals surface area contributed by atoms with Gasteiger partial charge in [0, 0.05) is 17.0 Å². The largest absolute Gasteiger partial charge is 0.301 e. The van der Waals surface area contributed by atoms with Gasteiger partial charge in [-0.05, 0) is 31.4 Å². The number of nitrogens with zero attached hydrogens (tertiary/aromatic N) is 2. The van der Waals surface area contributed by atoms with Gasteiger partial charge in [0.1, 0.15) is 6.04 Å². The van der Waals surface area contributed by atoms with Gasteiger partial charge in [0.25, 0.3) is 0 Å². The van der Waals surface area contributed by atoms with Crippen LogP contribution >= 0.6 is 11.3 Å². The fourth-order valence-corrected chi connectivity index (χ4v) is 5.75. The van der Waals surface area contributed by atoms with Crippen LogP contribution in [-0.2, 0) is 27.8 Å². The zero-order chi connectivity index (χ0) is 21.3. The number of nitrogens with one attached hydrogen (secondary N) is 1. The van der Waals surface area contributed by atoms with Crippen LogP contribution in [-0.4, -0.2) is 35.4 Å². The van der Waals surface area contributed by atoms with Crippen molar-refractivity contribution >= 4 is 32.4 Å². The van der Waals surface area contributed by atoms with Crippen molar-refractivity contribution in [1.29, 1.82) is 0 Å². The summed E-state index contributed by atoms with van der Waals surface area (Å²) in [6.07, 6.45) is 0.344. The van der Waals surface area contributed by atoms with Gasteiger partial charge in [0.05, 0.1) is 11.4 Å². The molecule has 0 saturated heterocycles. The number of hydrogen-bond donors (Lipinski definition) is 1. The van der Waals surface area contributed by atoms with Crippen LogP contribution in [0.15, 0.2) is 54.6 Å². The third-order valence-electron chi connectivity index (χ3n) is 5.30. The molecule has 0 saturated carbocycles. The Morgan fingerprint density at radius 1 is 1.13 bits per heavy atom. The van der Waals surface area contributed by atoms with Crippen molar-refractivity contribution in [3.8, 4) is 11.3 Å². The molecule has 0 bridgehead atoms. The summed E-state index contributed by atoms with van der Waals surface area (Å²) in [7, 11) is -3.54. The molecule has 8 heteroatoms. The van der Waals surface area contributed by atoms with E-state index in [1.165, 1.54) is 15.6 Å². The highest BCUT2D eigenvalue weighted by Crippen LogP contribution is 2.31. The SMILES string of the molecule is CCS(=O)(=O)N1Cc2ccccc2C[C@@H]1C(=O)Nc1nc(-c2ccccc2)c(C)s1. The van der Waals surface area contributed by atoms with Crippen LogP contribution in [0.3, 0.4) is 0 Å². The fraction of sp³-hybridized carbons (Fsp3) is 0.273. The highest BCUT2D eigenvalue weighted by molar-refractivity contribution is 7.89. The number of thiazole rings is 1. The molecule has 0 fully saturated rings. The molecule has 0 radical (unpaired) electrons. The molecule has 0 unspecified atom stereocenters. The molecule has 6 nitrogen and oxygen atoms in total. The first-order chi connectivity index (χ1) is 14.4. The minimum Gasteiger partial charge on any atom is -0.301 e. The van der Waals surface area contributed by atoms with Crippen molar-refractivity contribution in [3.05, 3.63) is 70.6 Å². The number of carbonyl (C=O) groups excluding carboxylic acids is 1. The van der Waals surface area contributed by atoms with E-state index in [1.807, 2.05) is 61.5 Å². The summed E-state index contributed by atoms with van der Waals surface area (Å²) < 4.78 is 26.7. The number of carbonyl (C=O) groups is 1. The van der Waals surface area contributed by atoms with Gasteiger partial charge in [-0.25, -0.2) is 13.4 Å². The zero-order valence-corrected chi connectivity index (χ0v) is 18.5. The fourth-order valence-electron chi connectivity index (χ4n) is 3.68. The van der Waals surface area contributed by atoms with Crippen molar-refractivity contribution in [2.45, 2.75) is 32.9 Å². The van der Waals surface area contributed by atoms with E-state index < -0.39 is 16.1 Å². The van der Waals surface area contributed by atoms with Gasteiger partial charge in [0.2, 0.25) is 15.9 Å². The van der Waals surface area contributed by atoms with Crippen molar-refractivity contribution in [3.63, 3.8) is 0 Å². The van der Waals surface area contributed by atoms with Gasteiger partial charge in [-0.1, -0.05) is 54.6 Å². The molecule has 1 N–H and O–H groups in total. The molecule has 2 heterocycles. The summed E-state index contributed by atoms with van der Waals surface area (Å²) in [5.41, 5.74) is 3.74. The molecule has 1 aliphatic rings. The van der Waals surface area contributed by atoms with Gasteiger partial charge < -0.3 is 5.32 Å². The average molecular weight is 442 g/mol. The quantitative estimate of drug-likeness (QED) is 0.653. The van der Waals surface area contributed by atoms with Crippen LogP contribution in [0, 0.1) is 6.92 Å². The van der Waals surface area contributed by atoms with E-state index in [1.54, 1.807) is 6.92 Å². The topological polar surface area (TPSA) is 79.4 Å². The number of aryl methyl sites for hydroxylation is 1. The first-order valence-corrected chi connectivity index (χ1v) is 12.2. The Kier molecular flexibility index (Phi) is 5.73. The van der Waals surface area contributed by atoms with E-state index in [0.29, 0.717) is 11.6 Å². The predicted molar refractivity (Wildman–Crippen MR) is 120 cm³/mol. The molecule has 3 aromatic rings. The lowest BCUT2D eigenvalue weighted by atomic mass is 9.95. The van der Waals surface area contributed by atoms with E-state index in [2.05, 4.69) is 10.3 Å². The third kappa shape index (κ3) is 4.03. The molecular formula is C22H23N3O3S2. The summed E-state index contributed by atoms with van der Waals surface area (Å²) in [5.74, 6) is -0.400. The van der Waals surface area contributed by atoms with Gasteiger partial charge in [0.15, 0.2) is 5.13 Å². The number of fused-ring (bicyclic) bond motifs is 1. The van der Waals surface area contributed by atoms with Crippen LogP contribution in [0.4, 0.5) is 5.13 Å². The normalized spacial score (nSPS) is 16.8. The van der Waals surface area contributed by atoms with Crippen molar-refractivity contribution in [1.82, 2.24) is 9.29 Å². The lowest BCUT2D eigenvalue weighted by Crippen LogP contribution is -2.51. The monoisotopic (exact) mass is 441 g/mol. The molecule has 1 amide bonds. The average Bonchev–Trinajstić information content (AvgIpc) is 3.13. The molecule has 0 aliphatic carbocycles. The molecule has 156 valence electrons. The van der Waals surface area contributed by atoms with Crippen LogP contribution in [0.5, 0.6) is 0 Å². The molecule has 0 spiro atoms. The molecule has 1 aromatic heterocycles. The number of rotatable bonds is 5. The second kappa shape index (κ2) is 8.29. The number of amides is 1. The number of sulfonamides is 1. The smallest absolute Gasteiger partial charge is 0.244 e. The lowest BCUT2D eigenvalue weighted by molar-refractivity contribution is -0.120. The Hall–Kier alpha value is -2.55. The molecular weight excluding hydrogens is 418 g/mol. The van der Waals surface area contributed by atoms with Crippen LogP contribution in [0.2, 0.25) is 0 Å². The van der Waals surface area contributed by atoms with E-state index in [9.17, 15) is 13.2 Å². The zero-order valence-electron chi connectivity index (χ0n) is 16.8.